The minimum atomic E-state index is -5.26. The highest BCUT2D eigenvalue weighted by molar-refractivity contribution is 7.89. The molecule has 4 nitrogen and oxygen atoms in total. The number of halogens is 6. The van der Waals surface area contributed by atoms with Gasteiger partial charge in [-0.2, -0.15) is 4.31 Å². The molecule has 1 saturated carbocycles. The van der Waals surface area contributed by atoms with E-state index in [9.17, 15) is 34.8 Å². The quantitative estimate of drug-likeness (QED) is 0.279. The molecule has 0 N–H and O–H groups in total. The van der Waals surface area contributed by atoms with Gasteiger partial charge >= 0.3 is 0 Å². The van der Waals surface area contributed by atoms with Crippen LogP contribution in [-0.2, 0) is 21.3 Å². The normalized spacial score (nSPS) is 15.1. The van der Waals surface area contributed by atoms with Crippen LogP contribution in [0.15, 0.2) is 29.2 Å². The van der Waals surface area contributed by atoms with E-state index >= 15 is 0 Å². The molecule has 30 heavy (non-hydrogen) atoms. The van der Waals surface area contributed by atoms with Gasteiger partial charge in [-0.15, -0.1) is 0 Å². The maximum atomic E-state index is 14.3. The fraction of sp³-hybridized carbons (Fsp3) is 0.263. The van der Waals surface area contributed by atoms with Crippen molar-refractivity contribution in [3.63, 3.8) is 0 Å². The van der Waals surface area contributed by atoms with Crippen LogP contribution < -0.4 is 0 Å². The second kappa shape index (κ2) is 7.85. The average Bonchev–Trinajstić information content (AvgIpc) is 3.49. The molecule has 0 amide bonds. The van der Waals surface area contributed by atoms with Gasteiger partial charge in [0.25, 0.3) is 0 Å². The molecule has 1 fully saturated rings. The van der Waals surface area contributed by atoms with Crippen LogP contribution in [0, 0.1) is 47.4 Å². The summed E-state index contributed by atoms with van der Waals surface area (Å²) in [6.07, 6.45) is 7.17. The zero-order valence-electron chi connectivity index (χ0n) is 15.1. The lowest BCUT2D eigenvalue weighted by Gasteiger charge is -2.30. The molecular weight excluding hydrogens is 436 g/mol. The third kappa shape index (κ3) is 3.73. The summed E-state index contributed by atoms with van der Waals surface area (Å²) in [7, 11) is -5.26. The molecule has 1 aliphatic carbocycles. The van der Waals surface area contributed by atoms with Crippen molar-refractivity contribution in [3.05, 3.63) is 64.7 Å². The molecule has 11 heteroatoms. The largest absolute Gasteiger partial charge is 0.445 e. The Kier molecular flexibility index (Phi) is 5.75. The van der Waals surface area contributed by atoms with Crippen LogP contribution in [0.5, 0.6) is 0 Å². The van der Waals surface area contributed by atoms with E-state index < -0.39 is 61.9 Å². The number of benzene rings is 2. The minimum absolute atomic E-state index is 0.157. The topological polar surface area (TPSA) is 46.6 Å². The summed E-state index contributed by atoms with van der Waals surface area (Å²) < 4.78 is 114. The van der Waals surface area contributed by atoms with Gasteiger partial charge in [0.15, 0.2) is 28.2 Å². The predicted octanol–water partition coefficient (Wildman–Crippen LogP) is 3.85. The van der Waals surface area contributed by atoms with Crippen molar-refractivity contribution in [1.29, 1.82) is 0 Å². The Morgan fingerprint density at radius 3 is 1.90 bits per heavy atom. The van der Waals surface area contributed by atoms with Crippen molar-refractivity contribution in [3.8, 4) is 12.5 Å². The SMILES string of the molecule is C#COCC1(N(Cc2ccc(F)cc2)S(=O)(=O)c2c(F)c(F)c(F)c(F)c2F)CC1. The Morgan fingerprint density at radius 1 is 0.933 bits per heavy atom. The molecule has 2 aromatic rings. The van der Waals surface area contributed by atoms with Crippen molar-refractivity contribution < 1.29 is 39.5 Å². The number of hydrogen-bond donors (Lipinski definition) is 0. The van der Waals surface area contributed by atoms with Crippen LogP contribution in [0.1, 0.15) is 18.4 Å². The monoisotopic (exact) mass is 449 g/mol. The maximum Gasteiger partial charge on any atom is 0.250 e. The summed E-state index contributed by atoms with van der Waals surface area (Å²) in [5.41, 5.74) is -1.16. The molecule has 0 spiro atoms. The Balaban J connectivity index is 2.16. The predicted molar refractivity (Wildman–Crippen MR) is 92.1 cm³/mol. The molecular formula is C19H13F6NO3S. The van der Waals surface area contributed by atoms with Crippen molar-refractivity contribution in [2.45, 2.75) is 29.8 Å². The molecule has 0 aromatic heterocycles. The summed E-state index contributed by atoms with van der Waals surface area (Å²) in [6.45, 7) is -0.921. The summed E-state index contributed by atoms with van der Waals surface area (Å²) in [5.74, 6) is -12.8. The molecule has 0 atom stereocenters. The number of terminal acetylenes is 1. The van der Waals surface area contributed by atoms with E-state index in [-0.39, 0.29) is 25.0 Å². The first-order valence-electron chi connectivity index (χ1n) is 8.41. The molecule has 0 saturated heterocycles. The van der Waals surface area contributed by atoms with Crippen LogP contribution in [0.3, 0.4) is 0 Å². The summed E-state index contributed by atoms with van der Waals surface area (Å²) in [4.78, 5) is -1.98. The number of ether oxygens (including phenoxy) is 1. The lowest BCUT2D eigenvalue weighted by atomic mass is 10.2. The molecule has 0 bridgehead atoms. The highest BCUT2D eigenvalue weighted by Crippen LogP contribution is 2.46. The van der Waals surface area contributed by atoms with Gasteiger partial charge in [-0.1, -0.05) is 18.6 Å². The fourth-order valence-corrected chi connectivity index (χ4v) is 4.89. The lowest BCUT2D eigenvalue weighted by Crippen LogP contribution is -2.45. The second-order valence-electron chi connectivity index (χ2n) is 6.67. The summed E-state index contributed by atoms with van der Waals surface area (Å²) >= 11 is 0. The highest BCUT2D eigenvalue weighted by atomic mass is 32.2. The van der Waals surface area contributed by atoms with Crippen LogP contribution in [-0.4, -0.2) is 24.9 Å². The smallest absolute Gasteiger partial charge is 0.250 e. The molecule has 0 radical (unpaired) electrons. The van der Waals surface area contributed by atoms with Gasteiger partial charge in [-0.3, -0.25) is 0 Å². The third-order valence-electron chi connectivity index (χ3n) is 4.74. The van der Waals surface area contributed by atoms with E-state index in [4.69, 9.17) is 11.2 Å². The van der Waals surface area contributed by atoms with E-state index in [0.717, 1.165) is 12.1 Å². The van der Waals surface area contributed by atoms with Gasteiger partial charge in [-0.25, -0.2) is 34.8 Å². The van der Waals surface area contributed by atoms with Crippen LogP contribution in [0.25, 0.3) is 0 Å². The first-order valence-corrected chi connectivity index (χ1v) is 9.85. The van der Waals surface area contributed by atoms with Crippen molar-refractivity contribution in [2.75, 3.05) is 6.61 Å². The van der Waals surface area contributed by atoms with Gasteiger partial charge < -0.3 is 4.74 Å². The van der Waals surface area contributed by atoms with E-state index in [1.54, 1.807) is 0 Å². The molecule has 0 heterocycles. The number of sulfonamides is 1. The first-order chi connectivity index (χ1) is 14.0. The number of rotatable bonds is 7. The highest BCUT2D eigenvalue weighted by Gasteiger charge is 2.55. The Hall–Kier alpha value is -2.71. The zero-order valence-corrected chi connectivity index (χ0v) is 15.9. The minimum Gasteiger partial charge on any atom is -0.445 e. The standard InChI is InChI=1S/C19H13F6NO3S/c1-2-29-10-19(7-8-19)26(9-11-3-5-12(20)6-4-11)30(27,28)18-16(24)14(22)13(21)15(23)17(18)25/h1,3-6H,7-10H2. The molecule has 3 rings (SSSR count). The summed E-state index contributed by atoms with van der Waals surface area (Å²) in [6, 6.07) is 4.48. The van der Waals surface area contributed by atoms with E-state index in [0.29, 0.717) is 4.31 Å². The Labute approximate surface area is 168 Å². The average molecular weight is 449 g/mol. The number of nitrogens with zero attached hydrogens (tertiary/aromatic N) is 1. The summed E-state index contributed by atoms with van der Waals surface area (Å²) in [5, 5.41) is 0. The molecule has 0 aliphatic heterocycles. The number of hydrogen-bond acceptors (Lipinski definition) is 3. The van der Waals surface area contributed by atoms with Gasteiger partial charge in [0, 0.05) is 6.54 Å². The van der Waals surface area contributed by atoms with Crippen molar-refractivity contribution >= 4 is 10.0 Å². The lowest BCUT2D eigenvalue weighted by molar-refractivity contribution is 0.161. The fourth-order valence-electron chi connectivity index (χ4n) is 2.97. The zero-order chi connectivity index (χ0) is 22.3. The molecule has 160 valence electrons. The van der Waals surface area contributed by atoms with Crippen LogP contribution >= 0.6 is 0 Å². The van der Waals surface area contributed by atoms with E-state index in [2.05, 4.69) is 0 Å². The van der Waals surface area contributed by atoms with Crippen LogP contribution in [0.2, 0.25) is 0 Å². The van der Waals surface area contributed by atoms with Crippen molar-refractivity contribution in [2.24, 2.45) is 0 Å². The van der Waals surface area contributed by atoms with Crippen LogP contribution in [0.4, 0.5) is 26.3 Å². The maximum absolute atomic E-state index is 14.3. The van der Waals surface area contributed by atoms with E-state index in [1.165, 1.54) is 12.1 Å². The van der Waals surface area contributed by atoms with Gasteiger partial charge in [0.2, 0.25) is 15.8 Å². The first kappa shape index (κ1) is 22.0. The molecule has 0 unspecified atom stereocenters. The van der Waals surface area contributed by atoms with Gasteiger partial charge in [0.1, 0.15) is 18.5 Å². The molecule has 2 aromatic carbocycles. The molecule has 1 aliphatic rings. The van der Waals surface area contributed by atoms with Crippen molar-refractivity contribution in [1.82, 2.24) is 4.31 Å². The second-order valence-corrected chi connectivity index (χ2v) is 8.47. The Bertz CT molecular complexity index is 1100. The van der Waals surface area contributed by atoms with Gasteiger partial charge in [0.05, 0.1) is 5.54 Å². The Morgan fingerprint density at radius 2 is 1.43 bits per heavy atom. The van der Waals surface area contributed by atoms with E-state index in [1.807, 2.05) is 6.11 Å². The van der Waals surface area contributed by atoms with Gasteiger partial charge in [-0.05, 0) is 30.5 Å². The third-order valence-corrected chi connectivity index (χ3v) is 6.71.